The van der Waals surface area contributed by atoms with E-state index in [9.17, 15) is 14.3 Å². The van der Waals surface area contributed by atoms with E-state index in [1.54, 1.807) is 17.0 Å². The fraction of sp³-hybridized carbons (Fsp3) is 0.417. The molecule has 1 aliphatic rings. The average molecular weight is 318 g/mol. The van der Waals surface area contributed by atoms with E-state index < -0.39 is 18.1 Å². The van der Waals surface area contributed by atoms with E-state index in [0.717, 1.165) is 5.56 Å². The molecule has 2 atom stereocenters. The lowest BCUT2D eigenvalue weighted by atomic mass is 10.2. The van der Waals surface area contributed by atoms with Gasteiger partial charge in [-0.3, -0.25) is 9.69 Å². The Labute approximate surface area is 112 Å². The molecule has 0 radical (unpaired) electrons. The van der Waals surface area contributed by atoms with Crippen molar-refractivity contribution in [2.45, 2.75) is 25.1 Å². The molecule has 2 rings (SSSR count). The molecule has 0 aromatic heterocycles. The van der Waals surface area contributed by atoms with E-state index in [2.05, 4.69) is 15.9 Å². The predicted molar refractivity (Wildman–Crippen MR) is 66.6 cm³/mol. The maximum absolute atomic E-state index is 13.1. The maximum Gasteiger partial charge on any atom is 0.321 e. The van der Waals surface area contributed by atoms with Crippen LogP contribution in [0.15, 0.2) is 22.7 Å². The number of aliphatic hydroxyl groups excluding tert-OH is 1. The van der Waals surface area contributed by atoms with Gasteiger partial charge in [0.05, 0.1) is 10.6 Å². The van der Waals surface area contributed by atoms with Gasteiger partial charge in [-0.1, -0.05) is 6.07 Å². The molecule has 1 aromatic rings. The Morgan fingerprint density at radius 2 is 2.28 bits per heavy atom. The number of aliphatic carboxylic acids is 1. The number of carboxylic acid groups (broad SMARTS) is 1. The lowest BCUT2D eigenvalue weighted by Crippen LogP contribution is -2.35. The summed E-state index contributed by atoms with van der Waals surface area (Å²) in [5, 5.41) is 18.6. The first-order valence-electron chi connectivity index (χ1n) is 5.56. The number of rotatable bonds is 3. The largest absolute Gasteiger partial charge is 0.480 e. The molecular formula is C12H13BrFNO3. The number of halogens is 2. The van der Waals surface area contributed by atoms with Crippen LogP contribution >= 0.6 is 15.9 Å². The van der Waals surface area contributed by atoms with Crippen molar-refractivity contribution in [2.75, 3.05) is 6.54 Å². The third-order valence-electron chi connectivity index (χ3n) is 3.04. The minimum absolute atomic E-state index is 0.234. The Kier molecular flexibility index (Phi) is 3.99. The van der Waals surface area contributed by atoms with Gasteiger partial charge >= 0.3 is 5.97 Å². The number of benzene rings is 1. The third-order valence-corrected chi connectivity index (χ3v) is 3.64. The van der Waals surface area contributed by atoms with Crippen molar-refractivity contribution in [3.63, 3.8) is 0 Å². The molecule has 0 bridgehead atoms. The van der Waals surface area contributed by atoms with E-state index in [1.165, 1.54) is 6.07 Å². The first kappa shape index (κ1) is 13.5. The number of nitrogens with zero attached hydrogens (tertiary/aromatic N) is 1. The molecule has 0 saturated carbocycles. The molecule has 0 amide bonds. The predicted octanol–water partition coefficient (Wildman–Crippen LogP) is 1.61. The van der Waals surface area contributed by atoms with Gasteiger partial charge in [0, 0.05) is 19.5 Å². The van der Waals surface area contributed by atoms with Gasteiger partial charge in [0.25, 0.3) is 0 Å². The van der Waals surface area contributed by atoms with Crippen LogP contribution in [0.4, 0.5) is 4.39 Å². The van der Waals surface area contributed by atoms with Crippen LogP contribution in [-0.4, -0.2) is 39.8 Å². The second-order valence-electron chi connectivity index (χ2n) is 4.42. The Morgan fingerprint density at radius 3 is 2.89 bits per heavy atom. The first-order valence-corrected chi connectivity index (χ1v) is 6.35. The number of hydrogen-bond acceptors (Lipinski definition) is 3. The summed E-state index contributed by atoms with van der Waals surface area (Å²) in [4.78, 5) is 12.7. The number of aliphatic hydroxyl groups is 1. The van der Waals surface area contributed by atoms with Crippen molar-refractivity contribution >= 4 is 21.9 Å². The maximum atomic E-state index is 13.1. The van der Waals surface area contributed by atoms with Gasteiger partial charge < -0.3 is 10.2 Å². The van der Waals surface area contributed by atoms with Crippen LogP contribution in [0, 0.1) is 5.82 Å². The van der Waals surface area contributed by atoms with Gasteiger partial charge in [-0.2, -0.15) is 0 Å². The molecule has 1 heterocycles. The summed E-state index contributed by atoms with van der Waals surface area (Å²) < 4.78 is 13.4. The lowest BCUT2D eigenvalue weighted by molar-refractivity contribution is -0.142. The summed E-state index contributed by atoms with van der Waals surface area (Å²) in [6.07, 6.45) is -0.382. The highest BCUT2D eigenvalue weighted by atomic mass is 79.9. The number of likely N-dealkylation sites (tertiary alicyclic amines) is 1. The quantitative estimate of drug-likeness (QED) is 0.889. The zero-order valence-corrected chi connectivity index (χ0v) is 11.1. The number of β-amino-alcohol motifs (C(OH)–C–C–N with tert-alkyl or cyclic N) is 1. The van der Waals surface area contributed by atoms with Crippen molar-refractivity contribution in [3.8, 4) is 0 Å². The van der Waals surface area contributed by atoms with Crippen molar-refractivity contribution in [3.05, 3.63) is 34.1 Å². The zero-order valence-electron chi connectivity index (χ0n) is 9.51. The Balaban J connectivity index is 2.12. The summed E-state index contributed by atoms with van der Waals surface area (Å²) in [5.41, 5.74) is 0.809. The Bertz CT molecular complexity index is 469. The zero-order chi connectivity index (χ0) is 13.3. The number of hydrogen-bond donors (Lipinski definition) is 2. The van der Waals surface area contributed by atoms with Gasteiger partial charge in [0.15, 0.2) is 0 Å². The van der Waals surface area contributed by atoms with E-state index in [4.69, 9.17) is 5.11 Å². The lowest BCUT2D eigenvalue weighted by Gasteiger charge is -2.20. The van der Waals surface area contributed by atoms with Crippen LogP contribution in [0.2, 0.25) is 0 Å². The van der Waals surface area contributed by atoms with E-state index in [0.29, 0.717) is 17.6 Å². The van der Waals surface area contributed by atoms with Gasteiger partial charge in [0.1, 0.15) is 11.9 Å². The third kappa shape index (κ3) is 2.88. The molecular weight excluding hydrogens is 305 g/mol. The van der Waals surface area contributed by atoms with E-state index in [-0.39, 0.29) is 12.2 Å². The van der Waals surface area contributed by atoms with Crippen molar-refractivity contribution in [1.82, 2.24) is 4.90 Å². The molecule has 0 aliphatic carbocycles. The Morgan fingerprint density at radius 1 is 1.56 bits per heavy atom. The van der Waals surface area contributed by atoms with Gasteiger partial charge in [0.2, 0.25) is 0 Å². The highest BCUT2D eigenvalue weighted by molar-refractivity contribution is 9.10. The van der Waals surface area contributed by atoms with Crippen molar-refractivity contribution in [2.24, 2.45) is 0 Å². The minimum Gasteiger partial charge on any atom is -0.480 e. The number of carboxylic acids is 1. The summed E-state index contributed by atoms with van der Waals surface area (Å²) in [6.45, 7) is 0.707. The standard InChI is InChI=1S/C12H13BrFNO3/c13-9-3-7(1-2-10(9)14)5-15-6-8(16)4-11(15)12(17)18/h1-3,8,11,16H,4-6H2,(H,17,18). The fourth-order valence-corrected chi connectivity index (χ4v) is 2.61. The molecule has 0 spiro atoms. The molecule has 1 aliphatic heterocycles. The smallest absolute Gasteiger partial charge is 0.321 e. The molecule has 1 aromatic carbocycles. The molecule has 2 unspecified atom stereocenters. The topological polar surface area (TPSA) is 60.8 Å². The van der Waals surface area contributed by atoms with Crippen LogP contribution in [-0.2, 0) is 11.3 Å². The highest BCUT2D eigenvalue weighted by Crippen LogP contribution is 2.23. The van der Waals surface area contributed by atoms with Crippen LogP contribution in [0.3, 0.4) is 0 Å². The summed E-state index contributed by atoms with van der Waals surface area (Å²) in [5.74, 6) is -1.29. The molecule has 4 nitrogen and oxygen atoms in total. The molecule has 1 fully saturated rings. The van der Waals surface area contributed by atoms with Crippen LogP contribution in [0.1, 0.15) is 12.0 Å². The average Bonchev–Trinajstić information content (AvgIpc) is 2.65. The minimum atomic E-state index is -0.937. The molecule has 6 heteroatoms. The van der Waals surface area contributed by atoms with Gasteiger partial charge in [-0.15, -0.1) is 0 Å². The van der Waals surface area contributed by atoms with Crippen LogP contribution in [0.5, 0.6) is 0 Å². The van der Waals surface area contributed by atoms with Gasteiger partial charge in [-0.05, 0) is 33.6 Å². The molecule has 98 valence electrons. The summed E-state index contributed by atoms with van der Waals surface area (Å²) in [7, 11) is 0. The SMILES string of the molecule is O=C(O)C1CC(O)CN1Cc1ccc(F)c(Br)c1. The van der Waals surface area contributed by atoms with Gasteiger partial charge in [-0.25, -0.2) is 4.39 Å². The van der Waals surface area contributed by atoms with E-state index >= 15 is 0 Å². The van der Waals surface area contributed by atoms with Crippen molar-refractivity contribution in [1.29, 1.82) is 0 Å². The number of carbonyl (C=O) groups is 1. The molecule has 18 heavy (non-hydrogen) atoms. The monoisotopic (exact) mass is 317 g/mol. The summed E-state index contributed by atoms with van der Waals surface area (Å²) >= 11 is 3.09. The molecule has 1 saturated heterocycles. The molecule has 2 N–H and O–H groups in total. The van der Waals surface area contributed by atoms with Crippen LogP contribution in [0.25, 0.3) is 0 Å². The summed E-state index contributed by atoms with van der Waals surface area (Å²) in [6, 6.07) is 3.90. The second kappa shape index (κ2) is 5.34. The normalized spacial score (nSPS) is 24.4. The van der Waals surface area contributed by atoms with E-state index in [1.807, 2.05) is 0 Å². The van der Waals surface area contributed by atoms with Crippen molar-refractivity contribution < 1.29 is 19.4 Å². The Hall–Kier alpha value is -0.980. The first-order chi connectivity index (χ1) is 8.47. The highest BCUT2D eigenvalue weighted by Gasteiger charge is 2.35. The fourth-order valence-electron chi connectivity index (χ4n) is 2.18. The van der Waals surface area contributed by atoms with Crippen LogP contribution < -0.4 is 0 Å². The second-order valence-corrected chi connectivity index (χ2v) is 5.28.